The lowest BCUT2D eigenvalue weighted by atomic mass is 9.81. The summed E-state index contributed by atoms with van der Waals surface area (Å²) in [5.41, 5.74) is 11.4. The van der Waals surface area contributed by atoms with Crippen molar-refractivity contribution in [3.8, 4) is 44.5 Å². The molecule has 0 aliphatic carbocycles. The van der Waals surface area contributed by atoms with Gasteiger partial charge in [-0.1, -0.05) is 166 Å². The lowest BCUT2D eigenvalue weighted by Gasteiger charge is -2.22. The van der Waals surface area contributed by atoms with E-state index in [2.05, 4.69) is 185 Å². The van der Waals surface area contributed by atoms with Crippen molar-refractivity contribution < 1.29 is 0 Å². The van der Waals surface area contributed by atoms with E-state index in [-0.39, 0.29) is 5.41 Å². The fourth-order valence-electron chi connectivity index (χ4n) is 7.03. The summed E-state index contributed by atoms with van der Waals surface area (Å²) in [6.07, 6.45) is 0. The Morgan fingerprint density at radius 3 is 1.46 bits per heavy atom. The molecular weight excluding hydrogens is 553 g/mol. The summed E-state index contributed by atoms with van der Waals surface area (Å²) in [6.45, 7) is 6.84. The van der Waals surface area contributed by atoms with Crippen LogP contribution in [0.15, 0.2) is 164 Å². The van der Waals surface area contributed by atoms with Crippen LogP contribution in [0, 0.1) is 0 Å². The summed E-state index contributed by atoms with van der Waals surface area (Å²) in [5.74, 6) is 0. The van der Waals surface area contributed by atoms with Crippen LogP contribution in [0.25, 0.3) is 76.8 Å². The third-order valence-corrected chi connectivity index (χ3v) is 9.41. The van der Waals surface area contributed by atoms with Crippen molar-refractivity contribution in [3.05, 3.63) is 169 Å². The van der Waals surface area contributed by atoms with E-state index in [1.54, 1.807) is 0 Å². The molecule has 0 heteroatoms. The molecular formula is C46H36. The van der Waals surface area contributed by atoms with Crippen LogP contribution < -0.4 is 0 Å². The number of rotatable bonds is 4. The summed E-state index contributed by atoms with van der Waals surface area (Å²) in [5, 5.41) is 7.57. The van der Waals surface area contributed by atoms with Crippen molar-refractivity contribution in [1.82, 2.24) is 0 Å². The highest BCUT2D eigenvalue weighted by Gasteiger charge is 2.21. The lowest BCUT2D eigenvalue weighted by molar-refractivity contribution is 0.590. The van der Waals surface area contributed by atoms with Crippen LogP contribution in [0.2, 0.25) is 0 Å². The van der Waals surface area contributed by atoms with Crippen molar-refractivity contribution in [2.45, 2.75) is 26.2 Å². The van der Waals surface area contributed by atoms with Gasteiger partial charge in [-0.15, -0.1) is 0 Å². The highest BCUT2D eigenvalue weighted by atomic mass is 14.2. The summed E-state index contributed by atoms with van der Waals surface area (Å²) in [7, 11) is 0. The van der Waals surface area contributed by atoms with Gasteiger partial charge in [0.1, 0.15) is 0 Å². The average Bonchev–Trinajstić information content (AvgIpc) is 3.10. The van der Waals surface area contributed by atoms with Gasteiger partial charge in [-0.3, -0.25) is 0 Å². The molecule has 0 N–H and O–H groups in total. The number of fused-ring (bicyclic) bond motifs is 3. The number of hydrogen-bond acceptors (Lipinski definition) is 0. The molecule has 0 amide bonds. The second-order valence-corrected chi connectivity index (χ2v) is 13.4. The third-order valence-electron chi connectivity index (χ3n) is 9.41. The first-order valence-electron chi connectivity index (χ1n) is 16.2. The minimum absolute atomic E-state index is 0.0982. The summed E-state index contributed by atoms with van der Waals surface area (Å²) in [6, 6.07) is 60.4. The minimum atomic E-state index is 0.0982. The van der Waals surface area contributed by atoms with E-state index in [1.165, 1.54) is 82.4 Å². The van der Waals surface area contributed by atoms with Gasteiger partial charge in [0.05, 0.1) is 0 Å². The SMILES string of the molecule is CC(C)(C)c1ccc(-c2c3ccccc3c(-c3cc4ccccc4cc3-c3ccccc3)c3cc(-c4ccccc4)ccc23)cc1. The maximum Gasteiger partial charge on any atom is -0.00197 e. The molecule has 220 valence electrons. The molecule has 0 aliphatic rings. The molecule has 0 spiro atoms. The van der Waals surface area contributed by atoms with Crippen LogP contribution in [0.5, 0.6) is 0 Å². The average molecular weight is 589 g/mol. The van der Waals surface area contributed by atoms with Crippen LogP contribution in [0.3, 0.4) is 0 Å². The first-order valence-corrected chi connectivity index (χ1v) is 16.2. The highest BCUT2D eigenvalue weighted by Crippen LogP contribution is 2.48. The van der Waals surface area contributed by atoms with E-state index in [1.807, 2.05) is 0 Å². The van der Waals surface area contributed by atoms with E-state index >= 15 is 0 Å². The van der Waals surface area contributed by atoms with Crippen LogP contribution in [-0.4, -0.2) is 0 Å². The molecule has 0 heterocycles. The Hall–Kier alpha value is -5.46. The molecule has 0 aliphatic heterocycles. The molecule has 0 fully saturated rings. The lowest BCUT2D eigenvalue weighted by Crippen LogP contribution is -2.10. The van der Waals surface area contributed by atoms with Crippen molar-refractivity contribution in [2.24, 2.45) is 0 Å². The normalized spacial score (nSPS) is 11.8. The molecule has 8 aromatic rings. The molecule has 0 radical (unpaired) electrons. The minimum Gasteiger partial charge on any atom is -0.0622 e. The molecule has 0 saturated heterocycles. The van der Waals surface area contributed by atoms with Crippen molar-refractivity contribution >= 4 is 32.3 Å². The Labute approximate surface area is 271 Å². The van der Waals surface area contributed by atoms with Gasteiger partial charge < -0.3 is 0 Å². The number of hydrogen-bond donors (Lipinski definition) is 0. The van der Waals surface area contributed by atoms with E-state index in [9.17, 15) is 0 Å². The van der Waals surface area contributed by atoms with Gasteiger partial charge in [0.25, 0.3) is 0 Å². The van der Waals surface area contributed by atoms with Gasteiger partial charge in [-0.25, -0.2) is 0 Å². The zero-order valence-electron chi connectivity index (χ0n) is 26.6. The van der Waals surface area contributed by atoms with E-state index in [4.69, 9.17) is 0 Å². The number of benzene rings is 8. The summed E-state index contributed by atoms with van der Waals surface area (Å²) >= 11 is 0. The largest absolute Gasteiger partial charge is 0.0622 e. The first-order chi connectivity index (χ1) is 22.5. The monoisotopic (exact) mass is 588 g/mol. The standard InChI is InChI=1S/C46H36/c1-46(2,3)37-25-22-33(23-26-37)44-38-20-12-13-21-39(38)45(42-30-36(24-27-40(42)44)31-14-6-4-7-15-31)43-29-35-19-11-10-18-34(35)28-41(43)32-16-8-5-9-17-32/h4-30H,1-3H3. The smallest absolute Gasteiger partial charge is 0.00197 e. The summed E-state index contributed by atoms with van der Waals surface area (Å²) in [4.78, 5) is 0. The van der Waals surface area contributed by atoms with Gasteiger partial charge in [-0.2, -0.15) is 0 Å². The molecule has 46 heavy (non-hydrogen) atoms. The maximum absolute atomic E-state index is 2.42. The van der Waals surface area contributed by atoms with Crippen molar-refractivity contribution in [1.29, 1.82) is 0 Å². The van der Waals surface area contributed by atoms with Gasteiger partial charge in [0.15, 0.2) is 0 Å². The molecule has 8 aromatic carbocycles. The Morgan fingerprint density at radius 1 is 0.326 bits per heavy atom. The summed E-state index contributed by atoms with van der Waals surface area (Å²) < 4.78 is 0. The maximum atomic E-state index is 2.42. The molecule has 0 unspecified atom stereocenters. The Balaban J connectivity index is 1.53. The zero-order chi connectivity index (χ0) is 31.3. The first kappa shape index (κ1) is 28.0. The topological polar surface area (TPSA) is 0 Å². The third kappa shape index (κ3) is 4.88. The second kappa shape index (κ2) is 11.2. The zero-order valence-corrected chi connectivity index (χ0v) is 26.6. The van der Waals surface area contributed by atoms with E-state index < -0.39 is 0 Å². The van der Waals surface area contributed by atoms with Crippen molar-refractivity contribution in [2.75, 3.05) is 0 Å². The highest BCUT2D eigenvalue weighted by molar-refractivity contribution is 6.23. The van der Waals surface area contributed by atoms with Gasteiger partial charge in [-0.05, 0) is 106 Å². The fraction of sp³-hybridized carbons (Fsp3) is 0.0870. The fourth-order valence-corrected chi connectivity index (χ4v) is 7.03. The molecule has 8 rings (SSSR count). The second-order valence-electron chi connectivity index (χ2n) is 13.4. The predicted octanol–water partition coefficient (Wildman–Crippen LogP) is 13.1. The van der Waals surface area contributed by atoms with Crippen LogP contribution >= 0.6 is 0 Å². The van der Waals surface area contributed by atoms with Crippen LogP contribution in [0.1, 0.15) is 26.3 Å². The Kier molecular flexibility index (Phi) is 6.80. The van der Waals surface area contributed by atoms with E-state index in [0.717, 1.165) is 0 Å². The van der Waals surface area contributed by atoms with E-state index in [0.29, 0.717) is 0 Å². The van der Waals surface area contributed by atoms with Crippen LogP contribution in [-0.2, 0) is 5.41 Å². The Bertz CT molecular complexity index is 2350. The van der Waals surface area contributed by atoms with Gasteiger partial charge >= 0.3 is 0 Å². The quantitative estimate of drug-likeness (QED) is 0.179. The van der Waals surface area contributed by atoms with Crippen molar-refractivity contribution in [3.63, 3.8) is 0 Å². The van der Waals surface area contributed by atoms with Gasteiger partial charge in [0, 0.05) is 0 Å². The Morgan fingerprint density at radius 2 is 0.826 bits per heavy atom. The molecule has 0 bridgehead atoms. The molecule has 0 aromatic heterocycles. The van der Waals surface area contributed by atoms with Crippen LogP contribution in [0.4, 0.5) is 0 Å². The molecule has 0 nitrogen and oxygen atoms in total. The molecule has 0 atom stereocenters. The molecule has 0 saturated carbocycles. The predicted molar refractivity (Wildman–Crippen MR) is 199 cm³/mol. The van der Waals surface area contributed by atoms with Gasteiger partial charge in [0.2, 0.25) is 0 Å².